The van der Waals surface area contributed by atoms with E-state index in [0.717, 1.165) is 0 Å². The Bertz CT molecular complexity index is 650. The summed E-state index contributed by atoms with van der Waals surface area (Å²) in [6.45, 7) is 17.5. The molecule has 2 rings (SSSR count). The third kappa shape index (κ3) is 7.20. The van der Waals surface area contributed by atoms with Gasteiger partial charge in [-0.2, -0.15) is 0 Å². The van der Waals surface area contributed by atoms with E-state index in [9.17, 15) is 0 Å². The third-order valence-corrected chi connectivity index (χ3v) is 4.33. The summed E-state index contributed by atoms with van der Waals surface area (Å²) in [6, 6.07) is 8.86. The van der Waals surface area contributed by atoms with Crippen molar-refractivity contribution in [1.82, 2.24) is 0 Å². The second-order valence-corrected chi connectivity index (χ2v) is 8.27. The van der Waals surface area contributed by atoms with Gasteiger partial charge in [0.25, 0.3) is 0 Å². The van der Waals surface area contributed by atoms with E-state index in [2.05, 4.69) is 96.7 Å². The summed E-state index contributed by atoms with van der Waals surface area (Å²) in [5.74, 6) is 1.35. The summed E-state index contributed by atoms with van der Waals surface area (Å²) >= 11 is 0. The fourth-order valence-corrected chi connectivity index (χ4v) is 2.70. The molecule has 0 saturated carbocycles. The van der Waals surface area contributed by atoms with Crippen LogP contribution in [0.15, 0.2) is 66.8 Å². The van der Waals surface area contributed by atoms with Crippen LogP contribution in [0.2, 0.25) is 0 Å². The molecule has 0 nitrogen and oxygen atoms in total. The molecule has 26 heavy (non-hydrogen) atoms. The molecule has 1 aliphatic carbocycles. The Balaban J connectivity index is 0. The number of rotatable bonds is 2. The van der Waals surface area contributed by atoms with Crippen LogP contribution in [0, 0.1) is 11.3 Å². The Hall–Kier alpha value is 0.0101. The van der Waals surface area contributed by atoms with Crippen molar-refractivity contribution in [3.05, 3.63) is 83.8 Å². The first-order chi connectivity index (χ1) is 10.6. The van der Waals surface area contributed by atoms with E-state index in [4.69, 9.17) is 0 Å². The summed E-state index contributed by atoms with van der Waals surface area (Å²) in [6.07, 6.45) is 10.8. The van der Waals surface area contributed by atoms with E-state index < -0.39 is 0 Å². The minimum atomic E-state index is 0. The third-order valence-electron chi connectivity index (χ3n) is 4.33. The molecule has 0 aliphatic heterocycles. The molecule has 4 radical (unpaired) electrons. The van der Waals surface area contributed by atoms with Gasteiger partial charge < -0.3 is 34.0 Å². The number of hydrogen-bond donors (Lipinski definition) is 0. The van der Waals surface area contributed by atoms with Gasteiger partial charge in [-0.15, -0.1) is 0 Å². The van der Waals surface area contributed by atoms with Crippen LogP contribution in [0.25, 0.3) is 5.57 Å². The molecule has 1 aliphatic rings. The first kappa shape index (κ1) is 28.2. The van der Waals surface area contributed by atoms with E-state index in [0.29, 0.717) is 0 Å². The summed E-state index contributed by atoms with van der Waals surface area (Å²) in [4.78, 5) is 0. The first-order valence-corrected chi connectivity index (χ1v) is 8.34. The maximum absolute atomic E-state index is 4.02. The normalized spacial score (nSPS) is 14.0. The zero-order chi connectivity index (χ0) is 17.3. The smallest absolute Gasteiger partial charge is 0.0247 e. The average molecular weight is 580 g/mol. The zero-order valence-electron chi connectivity index (χ0n) is 16.7. The van der Waals surface area contributed by atoms with Crippen molar-refractivity contribution in [1.29, 1.82) is 0 Å². The van der Waals surface area contributed by atoms with E-state index in [1.807, 2.05) is 6.08 Å². The summed E-state index contributed by atoms with van der Waals surface area (Å²) in [7, 11) is 0. The molecule has 1 aromatic rings. The molecule has 0 fully saturated rings. The van der Waals surface area contributed by atoms with Crippen LogP contribution in [-0.2, 0) is 5.41 Å². The number of allylic oxidation sites excluding steroid dienone is 7. The molecule has 0 atom stereocenters. The van der Waals surface area contributed by atoms with Gasteiger partial charge in [0.2, 0.25) is 0 Å². The van der Waals surface area contributed by atoms with Crippen molar-refractivity contribution in [2.75, 3.05) is 0 Å². The molecular weight excluding hydrogens is 551 g/mol. The van der Waals surface area contributed by atoms with Crippen LogP contribution < -0.4 is 34.0 Å². The standard InChI is InChI=1S/C23H29.2BrH.In/c1-8-21(17-9-13-19(14-10-17)22(2,3)4)18-11-15-20(16-12-18)23(5,6)7;;;/h8-16H,1H2,2-7H3;2*1H;/p-2. The molecule has 0 heterocycles. The molecule has 0 spiro atoms. The van der Waals surface area contributed by atoms with Crippen molar-refractivity contribution in [3.63, 3.8) is 0 Å². The van der Waals surface area contributed by atoms with Crippen LogP contribution >= 0.6 is 0 Å². The van der Waals surface area contributed by atoms with E-state index in [1.54, 1.807) is 0 Å². The van der Waals surface area contributed by atoms with Gasteiger partial charge >= 0.3 is 0 Å². The minimum Gasteiger partial charge on any atom is -1.00 e. The van der Waals surface area contributed by atoms with Crippen LogP contribution in [0.4, 0.5) is 0 Å². The molecule has 0 saturated heterocycles. The second-order valence-electron chi connectivity index (χ2n) is 8.27. The van der Waals surface area contributed by atoms with Crippen LogP contribution in [0.3, 0.4) is 0 Å². The topological polar surface area (TPSA) is 0 Å². The molecule has 140 valence electrons. The largest absolute Gasteiger partial charge is 1.00 e. The SMILES string of the molecule is C=CC(=C1C=C[C](C(C)(C)C)C=C1)c1ccc(C(C)(C)C)cc1.[Br-].[Br-].[In]. The van der Waals surface area contributed by atoms with Gasteiger partial charge in [0.05, 0.1) is 0 Å². The van der Waals surface area contributed by atoms with Gasteiger partial charge in [0, 0.05) is 31.8 Å². The fraction of sp³-hybridized carbons (Fsp3) is 0.348. The molecular formula is C23H29Br2In-2. The van der Waals surface area contributed by atoms with E-state index in [-0.39, 0.29) is 70.6 Å². The monoisotopic (exact) mass is 578 g/mol. The summed E-state index contributed by atoms with van der Waals surface area (Å²) < 4.78 is 0. The Morgan fingerprint density at radius 3 is 1.58 bits per heavy atom. The number of hydrogen-bond acceptors (Lipinski definition) is 0. The molecule has 0 unspecified atom stereocenters. The maximum atomic E-state index is 4.02. The maximum Gasteiger partial charge on any atom is 0.0247 e. The Labute approximate surface area is 200 Å². The molecule has 0 amide bonds. The van der Waals surface area contributed by atoms with Crippen molar-refractivity contribution in [2.45, 2.75) is 47.0 Å². The van der Waals surface area contributed by atoms with Crippen molar-refractivity contribution in [2.24, 2.45) is 5.41 Å². The van der Waals surface area contributed by atoms with E-state index >= 15 is 0 Å². The Morgan fingerprint density at radius 1 is 0.769 bits per heavy atom. The zero-order valence-corrected chi connectivity index (χ0v) is 23.2. The molecule has 0 aromatic heterocycles. The quantitative estimate of drug-likeness (QED) is 0.473. The Morgan fingerprint density at radius 2 is 1.23 bits per heavy atom. The molecule has 3 heteroatoms. The Kier molecular flexibility index (Phi) is 12.1. The second kappa shape index (κ2) is 11.1. The predicted octanol–water partition coefficient (Wildman–Crippen LogP) is 0.297. The minimum absolute atomic E-state index is 0. The van der Waals surface area contributed by atoms with Crippen molar-refractivity contribution >= 4 is 31.4 Å². The average Bonchev–Trinajstić information content (AvgIpc) is 2.47. The van der Waals surface area contributed by atoms with E-state index in [1.165, 1.54) is 28.2 Å². The van der Waals surface area contributed by atoms with Crippen LogP contribution in [0.5, 0.6) is 0 Å². The van der Waals surface area contributed by atoms with Gasteiger partial charge in [0.15, 0.2) is 0 Å². The summed E-state index contributed by atoms with van der Waals surface area (Å²) in [5.41, 5.74) is 5.34. The molecule has 0 bridgehead atoms. The predicted molar refractivity (Wildman–Crippen MR) is 109 cm³/mol. The van der Waals surface area contributed by atoms with Gasteiger partial charge in [-0.25, -0.2) is 0 Å². The van der Waals surface area contributed by atoms with Gasteiger partial charge in [0.1, 0.15) is 0 Å². The van der Waals surface area contributed by atoms with Crippen LogP contribution in [0.1, 0.15) is 52.7 Å². The first-order valence-electron chi connectivity index (χ1n) is 8.34. The summed E-state index contributed by atoms with van der Waals surface area (Å²) in [5, 5.41) is 0. The van der Waals surface area contributed by atoms with Gasteiger partial charge in [-0.05, 0) is 33.1 Å². The van der Waals surface area contributed by atoms with Crippen molar-refractivity contribution < 1.29 is 34.0 Å². The molecule has 1 aromatic carbocycles. The fourth-order valence-electron chi connectivity index (χ4n) is 2.70. The number of benzene rings is 1. The van der Waals surface area contributed by atoms with Crippen LogP contribution in [-0.4, -0.2) is 25.8 Å². The molecule has 0 N–H and O–H groups in total. The number of halogens is 2. The van der Waals surface area contributed by atoms with Crippen molar-refractivity contribution in [3.8, 4) is 0 Å². The van der Waals surface area contributed by atoms with Gasteiger partial charge in [-0.1, -0.05) is 103 Å². The van der Waals surface area contributed by atoms with Gasteiger partial charge in [-0.3, -0.25) is 0 Å².